The van der Waals surface area contributed by atoms with Crippen molar-refractivity contribution in [2.45, 2.75) is 26.8 Å². The minimum Gasteiger partial charge on any atom is -0.306 e. The molecule has 2 aromatic rings. The van der Waals surface area contributed by atoms with Gasteiger partial charge in [0, 0.05) is 14.6 Å². The van der Waals surface area contributed by atoms with Gasteiger partial charge in [-0.2, -0.15) is 0 Å². The van der Waals surface area contributed by atoms with Gasteiger partial charge in [-0.25, -0.2) is 0 Å². The van der Waals surface area contributed by atoms with Crippen molar-refractivity contribution in [1.82, 2.24) is 5.32 Å². The Bertz CT molecular complexity index is 501. The molecule has 0 aliphatic carbocycles. The summed E-state index contributed by atoms with van der Waals surface area (Å²) < 4.78 is 1.19. The highest BCUT2D eigenvalue weighted by Crippen LogP contribution is 2.35. The summed E-state index contributed by atoms with van der Waals surface area (Å²) in [7, 11) is 0. The third-order valence-electron chi connectivity index (χ3n) is 2.68. The summed E-state index contributed by atoms with van der Waals surface area (Å²) in [6, 6.07) is 6.97. The van der Waals surface area contributed by atoms with E-state index in [1.54, 1.807) is 0 Å². The van der Waals surface area contributed by atoms with Crippen molar-refractivity contribution in [3.8, 4) is 0 Å². The summed E-state index contributed by atoms with van der Waals surface area (Å²) in [5.74, 6) is 0. The zero-order valence-electron chi connectivity index (χ0n) is 10.2. The van der Waals surface area contributed by atoms with Crippen LogP contribution in [0.25, 0.3) is 0 Å². The first-order valence-corrected chi connectivity index (χ1v) is 8.10. The van der Waals surface area contributed by atoms with E-state index in [0.29, 0.717) is 6.04 Å². The largest absolute Gasteiger partial charge is 0.306 e. The van der Waals surface area contributed by atoms with E-state index in [9.17, 15) is 0 Å². The Morgan fingerprint density at radius 3 is 2.53 bits per heavy atom. The second kappa shape index (κ2) is 5.65. The van der Waals surface area contributed by atoms with E-state index in [4.69, 9.17) is 0 Å². The summed E-state index contributed by atoms with van der Waals surface area (Å²) in [5.41, 5.74) is 1.42. The van der Waals surface area contributed by atoms with Gasteiger partial charge in [-0.05, 0) is 60.1 Å². The molecule has 1 unspecified atom stereocenters. The molecule has 4 heteroatoms. The normalized spacial score (nSPS) is 12.9. The van der Waals surface area contributed by atoms with E-state index < -0.39 is 0 Å². The van der Waals surface area contributed by atoms with Crippen LogP contribution in [-0.4, -0.2) is 6.54 Å². The highest BCUT2D eigenvalue weighted by atomic mass is 79.9. The van der Waals surface area contributed by atoms with Crippen LogP contribution >= 0.6 is 38.6 Å². The van der Waals surface area contributed by atoms with Crippen molar-refractivity contribution < 1.29 is 0 Å². The lowest BCUT2D eigenvalue weighted by molar-refractivity contribution is 0.639. The summed E-state index contributed by atoms with van der Waals surface area (Å²) in [6.45, 7) is 7.52. The fourth-order valence-corrected chi connectivity index (χ4v) is 4.47. The highest BCUT2D eigenvalue weighted by molar-refractivity contribution is 9.11. The molecule has 0 aliphatic rings. The Balaban J connectivity index is 2.38. The third-order valence-corrected chi connectivity index (χ3v) is 5.35. The Morgan fingerprint density at radius 2 is 2.06 bits per heavy atom. The summed E-state index contributed by atoms with van der Waals surface area (Å²) in [5, 5.41) is 3.58. The summed E-state index contributed by atoms with van der Waals surface area (Å²) in [4.78, 5) is 4.17. The number of nitrogens with one attached hydrogen (secondary N) is 1. The maximum atomic E-state index is 3.58. The van der Waals surface area contributed by atoms with Gasteiger partial charge in [0.25, 0.3) is 0 Å². The molecule has 0 saturated heterocycles. The number of thiophene rings is 2. The fraction of sp³-hybridized carbons (Fsp3) is 0.385. The van der Waals surface area contributed by atoms with Crippen molar-refractivity contribution in [3.05, 3.63) is 42.2 Å². The van der Waals surface area contributed by atoms with E-state index in [1.165, 1.54) is 24.0 Å². The predicted octanol–water partition coefficient (Wildman–Crippen LogP) is 4.89. The first-order chi connectivity index (χ1) is 8.11. The zero-order chi connectivity index (χ0) is 12.4. The molecule has 1 nitrogen and oxygen atoms in total. The van der Waals surface area contributed by atoms with Gasteiger partial charge in [0.15, 0.2) is 0 Å². The number of hydrogen-bond donors (Lipinski definition) is 1. The first-order valence-electron chi connectivity index (χ1n) is 5.67. The third kappa shape index (κ3) is 2.99. The molecule has 2 heterocycles. The standard InChI is InChI=1S/C13H16BrNS2/c1-4-15-13(11-5-6-12(14)17-11)10-7-8(2)16-9(10)3/h5-7,13,15H,4H2,1-3H3. The molecule has 0 bridgehead atoms. The molecule has 0 aromatic carbocycles. The van der Waals surface area contributed by atoms with Crippen LogP contribution in [0.15, 0.2) is 22.0 Å². The quantitative estimate of drug-likeness (QED) is 0.842. The van der Waals surface area contributed by atoms with Crippen molar-refractivity contribution >= 4 is 38.6 Å². The van der Waals surface area contributed by atoms with E-state index in [-0.39, 0.29) is 0 Å². The Labute approximate surface area is 119 Å². The second-order valence-corrected chi connectivity index (χ2v) is 7.96. The molecule has 2 aromatic heterocycles. The number of halogens is 1. The van der Waals surface area contributed by atoms with Gasteiger partial charge in [-0.3, -0.25) is 0 Å². The van der Waals surface area contributed by atoms with E-state index in [0.717, 1.165) is 6.54 Å². The average molecular weight is 330 g/mol. The van der Waals surface area contributed by atoms with Crippen LogP contribution in [0.4, 0.5) is 0 Å². The van der Waals surface area contributed by atoms with Crippen molar-refractivity contribution in [2.24, 2.45) is 0 Å². The Morgan fingerprint density at radius 1 is 1.29 bits per heavy atom. The van der Waals surface area contributed by atoms with Crippen LogP contribution in [0.5, 0.6) is 0 Å². The van der Waals surface area contributed by atoms with Crippen LogP contribution in [0, 0.1) is 13.8 Å². The van der Waals surface area contributed by atoms with Crippen LogP contribution in [-0.2, 0) is 0 Å². The lowest BCUT2D eigenvalue weighted by Crippen LogP contribution is -2.21. The predicted molar refractivity (Wildman–Crippen MR) is 81.3 cm³/mol. The molecular formula is C13H16BrNS2. The van der Waals surface area contributed by atoms with Crippen LogP contribution < -0.4 is 5.32 Å². The fourth-order valence-electron chi connectivity index (χ4n) is 1.99. The molecule has 2 rings (SSSR count). The zero-order valence-corrected chi connectivity index (χ0v) is 13.4. The highest BCUT2D eigenvalue weighted by Gasteiger charge is 2.18. The van der Waals surface area contributed by atoms with Gasteiger partial charge in [-0.15, -0.1) is 22.7 Å². The van der Waals surface area contributed by atoms with Gasteiger partial charge in [-0.1, -0.05) is 6.92 Å². The molecule has 1 atom stereocenters. The van der Waals surface area contributed by atoms with Crippen molar-refractivity contribution in [2.75, 3.05) is 6.54 Å². The maximum absolute atomic E-state index is 3.58. The molecular weight excluding hydrogens is 314 g/mol. The summed E-state index contributed by atoms with van der Waals surface area (Å²) in [6.07, 6.45) is 0. The molecule has 0 amide bonds. The van der Waals surface area contributed by atoms with Crippen molar-refractivity contribution in [1.29, 1.82) is 0 Å². The van der Waals surface area contributed by atoms with Gasteiger partial charge in [0.05, 0.1) is 9.83 Å². The van der Waals surface area contributed by atoms with Crippen molar-refractivity contribution in [3.63, 3.8) is 0 Å². The molecule has 17 heavy (non-hydrogen) atoms. The minimum absolute atomic E-state index is 0.334. The second-order valence-electron chi connectivity index (χ2n) is 4.00. The maximum Gasteiger partial charge on any atom is 0.0702 e. The molecule has 92 valence electrons. The minimum atomic E-state index is 0.334. The van der Waals surface area contributed by atoms with Gasteiger partial charge < -0.3 is 5.32 Å². The molecule has 0 radical (unpaired) electrons. The number of rotatable bonds is 4. The van der Waals surface area contributed by atoms with E-state index >= 15 is 0 Å². The molecule has 1 N–H and O–H groups in total. The number of hydrogen-bond acceptors (Lipinski definition) is 3. The van der Waals surface area contributed by atoms with Crippen LogP contribution in [0.3, 0.4) is 0 Å². The van der Waals surface area contributed by atoms with Crippen LogP contribution in [0.2, 0.25) is 0 Å². The van der Waals surface area contributed by atoms with E-state index in [1.807, 2.05) is 22.7 Å². The Kier molecular flexibility index (Phi) is 4.42. The van der Waals surface area contributed by atoms with Gasteiger partial charge >= 0.3 is 0 Å². The molecule has 0 spiro atoms. The average Bonchev–Trinajstić information content (AvgIpc) is 2.82. The Hall–Kier alpha value is -0.160. The summed E-state index contributed by atoms with van der Waals surface area (Å²) >= 11 is 7.23. The molecule has 0 saturated carbocycles. The monoisotopic (exact) mass is 329 g/mol. The topological polar surface area (TPSA) is 12.0 Å². The SMILES string of the molecule is CCNC(c1ccc(Br)s1)c1cc(C)sc1C. The van der Waals surface area contributed by atoms with Gasteiger partial charge in [0.2, 0.25) is 0 Å². The van der Waals surface area contributed by atoms with Crippen LogP contribution in [0.1, 0.15) is 33.2 Å². The smallest absolute Gasteiger partial charge is 0.0702 e. The molecule has 0 fully saturated rings. The lowest BCUT2D eigenvalue weighted by Gasteiger charge is -2.16. The van der Waals surface area contributed by atoms with E-state index in [2.05, 4.69) is 60.2 Å². The lowest BCUT2D eigenvalue weighted by atomic mass is 10.1. The first kappa shape index (κ1) is 13.3. The number of aryl methyl sites for hydroxylation is 2. The molecule has 0 aliphatic heterocycles. The van der Waals surface area contributed by atoms with Gasteiger partial charge in [0.1, 0.15) is 0 Å².